The van der Waals surface area contributed by atoms with Gasteiger partial charge in [-0.05, 0) is 43.3 Å². The number of carbonyl (C=O) groups is 1. The Kier molecular flexibility index (Phi) is 7.94. The van der Waals surface area contributed by atoms with Gasteiger partial charge >= 0.3 is 0 Å². The zero-order valence-electron chi connectivity index (χ0n) is 19.5. The van der Waals surface area contributed by atoms with E-state index in [0.717, 1.165) is 18.0 Å². The second-order valence-corrected chi connectivity index (χ2v) is 10.8. The molecule has 0 unspecified atom stereocenters. The maximum absolute atomic E-state index is 14.0. The van der Waals surface area contributed by atoms with E-state index in [2.05, 4.69) is 9.97 Å². The lowest BCUT2D eigenvalue weighted by molar-refractivity contribution is -0.128. The summed E-state index contributed by atoms with van der Waals surface area (Å²) in [7, 11) is -4.08. The van der Waals surface area contributed by atoms with E-state index in [9.17, 15) is 22.4 Å². The van der Waals surface area contributed by atoms with Crippen LogP contribution in [0.15, 0.2) is 74.5 Å². The molecule has 3 aromatic rings. The van der Waals surface area contributed by atoms with Crippen molar-refractivity contribution in [1.29, 1.82) is 0 Å². The minimum Gasteiger partial charge on any atom is -0.494 e. The quantitative estimate of drug-likeness (QED) is 0.348. The molecule has 12 heteroatoms. The standard InChI is InChI=1S/C24H25FN4O5S2/c1-2-34-17-7-9-18(10-8-17)36(32,33)21-15-26-24(27-23(21)31)35-16-22(30)29-13-11-28(12-14-29)20-6-4-3-5-19(20)25/h3-10,15H,2,11-14,16H2,1H3,(H,26,27,31). The van der Waals surface area contributed by atoms with Gasteiger partial charge in [0.15, 0.2) is 10.1 Å². The first kappa shape index (κ1) is 25.7. The molecule has 9 nitrogen and oxygen atoms in total. The number of hydrogen-bond acceptors (Lipinski definition) is 8. The number of H-pyrrole nitrogens is 1. The molecule has 1 saturated heterocycles. The van der Waals surface area contributed by atoms with E-state index < -0.39 is 20.3 Å². The SMILES string of the molecule is CCOc1ccc(S(=O)(=O)c2cnc(SCC(=O)N3CCN(c4ccccc4F)CC3)[nH]c2=O)cc1. The fourth-order valence-corrected chi connectivity index (χ4v) is 5.74. The zero-order chi connectivity index (χ0) is 25.7. The molecule has 190 valence electrons. The lowest BCUT2D eigenvalue weighted by Crippen LogP contribution is -2.49. The smallest absolute Gasteiger partial charge is 0.270 e. The Morgan fingerprint density at radius 3 is 2.44 bits per heavy atom. The maximum Gasteiger partial charge on any atom is 0.270 e. The van der Waals surface area contributed by atoms with E-state index in [1.54, 1.807) is 23.1 Å². The van der Waals surface area contributed by atoms with Crippen molar-refractivity contribution < 1.29 is 22.3 Å². The van der Waals surface area contributed by atoms with Gasteiger partial charge < -0.3 is 19.5 Å². The number of benzene rings is 2. The molecule has 1 aliphatic heterocycles. The van der Waals surface area contributed by atoms with E-state index >= 15 is 0 Å². The summed E-state index contributed by atoms with van der Waals surface area (Å²) >= 11 is 1.02. The van der Waals surface area contributed by atoms with Crippen molar-refractivity contribution in [3.05, 3.63) is 70.9 Å². The van der Waals surface area contributed by atoms with Crippen molar-refractivity contribution in [2.75, 3.05) is 43.4 Å². The van der Waals surface area contributed by atoms with Crippen LogP contribution >= 0.6 is 11.8 Å². The second-order valence-electron chi connectivity index (χ2n) is 7.90. The predicted molar refractivity (Wildman–Crippen MR) is 134 cm³/mol. The van der Waals surface area contributed by atoms with Crippen LogP contribution in [0.4, 0.5) is 10.1 Å². The lowest BCUT2D eigenvalue weighted by atomic mass is 10.2. The lowest BCUT2D eigenvalue weighted by Gasteiger charge is -2.36. The third-order valence-electron chi connectivity index (χ3n) is 5.64. The number of halogens is 1. The maximum atomic E-state index is 14.0. The summed E-state index contributed by atoms with van der Waals surface area (Å²) in [5.41, 5.74) is -0.298. The van der Waals surface area contributed by atoms with Gasteiger partial charge in [0.2, 0.25) is 15.7 Å². The number of anilines is 1. The van der Waals surface area contributed by atoms with Crippen molar-refractivity contribution in [2.24, 2.45) is 0 Å². The van der Waals surface area contributed by atoms with Crippen LogP contribution in [0, 0.1) is 5.82 Å². The number of aromatic nitrogens is 2. The van der Waals surface area contributed by atoms with Gasteiger partial charge in [-0.1, -0.05) is 23.9 Å². The zero-order valence-corrected chi connectivity index (χ0v) is 21.1. The van der Waals surface area contributed by atoms with Gasteiger partial charge in [0.05, 0.1) is 29.1 Å². The van der Waals surface area contributed by atoms with Gasteiger partial charge in [0.1, 0.15) is 11.6 Å². The van der Waals surface area contributed by atoms with Crippen molar-refractivity contribution in [2.45, 2.75) is 21.9 Å². The van der Waals surface area contributed by atoms with Crippen molar-refractivity contribution in [1.82, 2.24) is 14.9 Å². The van der Waals surface area contributed by atoms with Crippen LogP contribution < -0.4 is 15.2 Å². The first-order chi connectivity index (χ1) is 17.3. The molecule has 1 aliphatic rings. The number of para-hydroxylation sites is 1. The monoisotopic (exact) mass is 532 g/mol. The molecule has 36 heavy (non-hydrogen) atoms. The highest BCUT2D eigenvalue weighted by atomic mass is 32.2. The average Bonchev–Trinajstić information content (AvgIpc) is 2.88. The van der Waals surface area contributed by atoms with Gasteiger partial charge in [-0.3, -0.25) is 9.59 Å². The van der Waals surface area contributed by atoms with Crippen LogP contribution in [0.25, 0.3) is 0 Å². The molecule has 1 aromatic heterocycles. The summed E-state index contributed by atoms with van der Waals surface area (Å²) in [5.74, 6) is 0.0967. The Bertz CT molecular complexity index is 1390. The summed E-state index contributed by atoms with van der Waals surface area (Å²) < 4.78 is 45.0. The van der Waals surface area contributed by atoms with E-state index in [1.165, 1.54) is 30.3 Å². The topological polar surface area (TPSA) is 113 Å². The van der Waals surface area contributed by atoms with E-state index in [1.807, 2.05) is 11.8 Å². The third kappa shape index (κ3) is 5.71. The Morgan fingerprint density at radius 1 is 1.11 bits per heavy atom. The van der Waals surface area contributed by atoms with Crippen molar-refractivity contribution >= 4 is 33.2 Å². The normalized spacial score (nSPS) is 14.1. The number of sulfone groups is 1. The molecular formula is C24H25FN4O5S2. The molecule has 0 saturated carbocycles. The average molecular weight is 533 g/mol. The molecule has 4 rings (SSSR count). The number of nitrogens with zero attached hydrogens (tertiary/aromatic N) is 3. The van der Waals surface area contributed by atoms with Crippen LogP contribution in [-0.4, -0.2) is 67.7 Å². The number of amides is 1. The van der Waals surface area contributed by atoms with E-state index in [4.69, 9.17) is 4.74 Å². The number of hydrogen-bond donors (Lipinski definition) is 1. The Labute approximate surface area is 212 Å². The first-order valence-corrected chi connectivity index (χ1v) is 13.7. The van der Waals surface area contributed by atoms with Crippen LogP contribution in [0.3, 0.4) is 0 Å². The minimum atomic E-state index is -4.08. The summed E-state index contributed by atoms with van der Waals surface area (Å²) in [6.45, 7) is 4.15. The van der Waals surface area contributed by atoms with Crippen LogP contribution in [-0.2, 0) is 14.6 Å². The highest BCUT2D eigenvalue weighted by Gasteiger charge is 2.24. The van der Waals surface area contributed by atoms with Crippen LogP contribution in [0.2, 0.25) is 0 Å². The predicted octanol–water partition coefficient (Wildman–Crippen LogP) is 2.58. The summed E-state index contributed by atoms with van der Waals surface area (Å²) in [6, 6.07) is 12.3. The largest absolute Gasteiger partial charge is 0.494 e. The van der Waals surface area contributed by atoms with Gasteiger partial charge in [-0.15, -0.1) is 0 Å². The highest BCUT2D eigenvalue weighted by molar-refractivity contribution is 7.99. The van der Waals surface area contributed by atoms with Gasteiger partial charge in [0.25, 0.3) is 5.56 Å². The number of ether oxygens (including phenoxy) is 1. The molecule has 2 aromatic carbocycles. The molecule has 1 N–H and O–H groups in total. The number of thioether (sulfide) groups is 1. The molecule has 1 amide bonds. The van der Waals surface area contributed by atoms with Gasteiger partial charge in [-0.25, -0.2) is 17.8 Å². The van der Waals surface area contributed by atoms with E-state index in [0.29, 0.717) is 44.2 Å². The van der Waals surface area contributed by atoms with Crippen molar-refractivity contribution in [3.63, 3.8) is 0 Å². The third-order valence-corrected chi connectivity index (χ3v) is 8.27. The number of rotatable bonds is 8. The molecule has 0 aliphatic carbocycles. The Balaban J connectivity index is 1.35. The van der Waals surface area contributed by atoms with Gasteiger partial charge in [0, 0.05) is 26.2 Å². The Hall–Kier alpha value is -3.38. The molecule has 0 atom stereocenters. The van der Waals surface area contributed by atoms with Crippen LogP contribution in [0.5, 0.6) is 5.75 Å². The first-order valence-electron chi connectivity index (χ1n) is 11.3. The summed E-state index contributed by atoms with van der Waals surface area (Å²) in [4.78, 5) is 34.7. The summed E-state index contributed by atoms with van der Waals surface area (Å²) in [5, 5.41) is 0.143. The molecule has 2 heterocycles. The fraction of sp³-hybridized carbons (Fsp3) is 0.292. The molecule has 0 bridgehead atoms. The molecule has 0 spiro atoms. The Morgan fingerprint density at radius 2 is 1.81 bits per heavy atom. The van der Waals surface area contributed by atoms with Gasteiger partial charge in [-0.2, -0.15) is 0 Å². The minimum absolute atomic E-state index is 0.0215. The number of aromatic amines is 1. The highest BCUT2D eigenvalue weighted by Crippen LogP contribution is 2.23. The molecule has 1 fully saturated rings. The fourth-order valence-electron chi connectivity index (χ4n) is 3.77. The molecular weight excluding hydrogens is 507 g/mol. The van der Waals surface area contributed by atoms with E-state index in [-0.39, 0.29) is 27.5 Å². The number of piperazine rings is 1. The second kappa shape index (κ2) is 11.1. The van der Waals surface area contributed by atoms with Crippen molar-refractivity contribution in [3.8, 4) is 5.75 Å². The molecule has 0 radical (unpaired) electrons. The van der Waals surface area contributed by atoms with Crippen LogP contribution in [0.1, 0.15) is 6.92 Å². The number of carbonyl (C=O) groups excluding carboxylic acids is 1. The summed E-state index contributed by atoms with van der Waals surface area (Å²) in [6.07, 6.45) is 1.00. The number of nitrogens with one attached hydrogen (secondary N) is 1.